The number of aryl methyl sites for hydroxylation is 2. The number of imidazole rings is 1. The zero-order chi connectivity index (χ0) is 22.1. The van der Waals surface area contributed by atoms with Crippen molar-refractivity contribution in [2.45, 2.75) is 32.5 Å². The number of methoxy groups -OCH3 is 1. The van der Waals surface area contributed by atoms with Crippen molar-refractivity contribution < 1.29 is 14.1 Å². The summed E-state index contributed by atoms with van der Waals surface area (Å²) < 4.78 is 14.4. The maximum atomic E-state index is 13.1. The van der Waals surface area contributed by atoms with E-state index in [2.05, 4.69) is 9.72 Å². The molecule has 0 aliphatic rings. The lowest BCUT2D eigenvalue weighted by atomic mass is 10.2. The second-order valence-electron chi connectivity index (χ2n) is 7.30. The highest BCUT2D eigenvalue weighted by molar-refractivity contribution is 7.99. The van der Waals surface area contributed by atoms with Crippen LogP contribution in [0.15, 0.2) is 40.0 Å². The van der Waals surface area contributed by atoms with Gasteiger partial charge in [-0.1, -0.05) is 28.5 Å². The van der Waals surface area contributed by atoms with Crippen molar-refractivity contribution in [1.82, 2.24) is 19.3 Å². The molecule has 0 spiro atoms. The molecule has 4 rings (SSSR count). The fourth-order valence-corrected chi connectivity index (χ4v) is 4.74. The normalized spacial score (nSPS) is 11.5. The molecule has 0 radical (unpaired) electrons. The van der Waals surface area contributed by atoms with Crippen molar-refractivity contribution in [1.29, 1.82) is 0 Å². The van der Waals surface area contributed by atoms with E-state index < -0.39 is 0 Å². The Morgan fingerprint density at radius 3 is 2.74 bits per heavy atom. The van der Waals surface area contributed by atoms with Crippen molar-refractivity contribution in [3.05, 3.63) is 58.1 Å². The number of thioether (sulfide) groups is 1. The number of nitrogens with zero attached hydrogens (tertiary/aromatic N) is 4. The minimum absolute atomic E-state index is 0.0351. The molecule has 0 N–H and O–H groups in total. The van der Waals surface area contributed by atoms with Crippen LogP contribution in [0.5, 0.6) is 0 Å². The molecule has 0 aliphatic carbocycles. The van der Waals surface area contributed by atoms with Crippen LogP contribution in [0.3, 0.4) is 0 Å². The molecule has 0 amide bonds. The van der Waals surface area contributed by atoms with Crippen LogP contribution >= 0.6 is 23.4 Å². The lowest BCUT2D eigenvalue weighted by Gasteiger charge is -2.08. The maximum Gasteiger partial charge on any atom is 0.180 e. The molecule has 0 fully saturated rings. The van der Waals surface area contributed by atoms with Gasteiger partial charge in [0.1, 0.15) is 5.76 Å². The standard InChI is InChI=1S/C22H23ClN4O3S/c1-13-9-17(15(3)27(13)21-10-14(2)30-25-21)20(28)12-31-22-24-18-11-16(23)5-6-19(18)26(22)7-8-29-4/h5-6,9-11H,7-8,12H2,1-4H3. The first-order valence-corrected chi connectivity index (χ1v) is 11.2. The average molecular weight is 459 g/mol. The Kier molecular flexibility index (Phi) is 6.22. The monoisotopic (exact) mass is 458 g/mol. The minimum Gasteiger partial charge on any atom is -0.383 e. The first kappa shape index (κ1) is 21.7. The van der Waals surface area contributed by atoms with Crippen molar-refractivity contribution in [2.75, 3.05) is 19.5 Å². The predicted octanol–water partition coefficient (Wildman–Crippen LogP) is 5.02. The molecule has 0 saturated heterocycles. The molecule has 0 saturated carbocycles. The summed E-state index contributed by atoms with van der Waals surface area (Å²) in [6.45, 7) is 6.91. The lowest BCUT2D eigenvalue weighted by molar-refractivity contribution is 0.102. The highest BCUT2D eigenvalue weighted by Gasteiger charge is 2.20. The number of hydrogen-bond acceptors (Lipinski definition) is 6. The first-order chi connectivity index (χ1) is 14.9. The molecule has 3 aromatic heterocycles. The Bertz CT molecular complexity index is 1260. The smallest absolute Gasteiger partial charge is 0.180 e. The van der Waals surface area contributed by atoms with Gasteiger partial charge in [-0.05, 0) is 45.0 Å². The van der Waals surface area contributed by atoms with Gasteiger partial charge in [-0.25, -0.2) is 4.98 Å². The quantitative estimate of drug-likeness (QED) is 0.273. The van der Waals surface area contributed by atoms with Crippen LogP contribution in [0.4, 0.5) is 0 Å². The van der Waals surface area contributed by atoms with Crippen LogP contribution in [-0.2, 0) is 11.3 Å². The summed E-state index contributed by atoms with van der Waals surface area (Å²) in [5.41, 5.74) is 4.22. The number of Topliss-reactive ketones (excluding diaryl/α,β-unsaturated/α-hetero) is 1. The molecule has 1 aromatic carbocycles. The minimum atomic E-state index is 0.0351. The Labute approximate surface area is 189 Å². The number of aromatic nitrogens is 4. The van der Waals surface area contributed by atoms with E-state index in [9.17, 15) is 4.79 Å². The molecule has 0 atom stereocenters. The average Bonchev–Trinajstić information content (AvgIpc) is 3.39. The third kappa shape index (κ3) is 4.28. The molecule has 7 nitrogen and oxygen atoms in total. The summed E-state index contributed by atoms with van der Waals surface area (Å²) in [7, 11) is 1.67. The second-order valence-corrected chi connectivity index (χ2v) is 8.68. The summed E-state index contributed by atoms with van der Waals surface area (Å²) in [5, 5.41) is 5.48. The van der Waals surface area contributed by atoms with Crippen LogP contribution in [0.2, 0.25) is 5.02 Å². The van der Waals surface area contributed by atoms with Crippen LogP contribution in [0, 0.1) is 20.8 Å². The molecular formula is C22H23ClN4O3S. The van der Waals surface area contributed by atoms with E-state index in [-0.39, 0.29) is 11.5 Å². The summed E-state index contributed by atoms with van der Waals surface area (Å²) in [6.07, 6.45) is 0. The van der Waals surface area contributed by atoms with Gasteiger partial charge in [0.15, 0.2) is 16.8 Å². The predicted molar refractivity (Wildman–Crippen MR) is 122 cm³/mol. The first-order valence-electron chi connectivity index (χ1n) is 9.82. The third-order valence-electron chi connectivity index (χ3n) is 5.10. The molecule has 0 bridgehead atoms. The zero-order valence-electron chi connectivity index (χ0n) is 17.8. The number of carbonyl (C=O) groups excluding carboxylic acids is 1. The number of carbonyl (C=O) groups is 1. The summed E-state index contributed by atoms with van der Waals surface area (Å²) in [6, 6.07) is 9.37. The van der Waals surface area contributed by atoms with E-state index in [0.29, 0.717) is 29.6 Å². The van der Waals surface area contributed by atoms with E-state index in [1.807, 2.05) is 55.7 Å². The van der Waals surface area contributed by atoms with Crippen molar-refractivity contribution in [2.24, 2.45) is 0 Å². The molecule has 0 aliphatic heterocycles. The molecule has 9 heteroatoms. The third-order valence-corrected chi connectivity index (χ3v) is 6.31. The van der Waals surface area contributed by atoms with Gasteiger partial charge in [-0.3, -0.25) is 9.36 Å². The van der Waals surface area contributed by atoms with E-state index in [4.69, 9.17) is 25.8 Å². The fourth-order valence-electron chi connectivity index (χ4n) is 3.65. The van der Waals surface area contributed by atoms with Crippen molar-refractivity contribution in [3.8, 4) is 5.82 Å². The largest absolute Gasteiger partial charge is 0.383 e. The Morgan fingerprint density at radius 2 is 2.03 bits per heavy atom. The number of rotatable bonds is 8. The van der Waals surface area contributed by atoms with Crippen LogP contribution in [0.25, 0.3) is 16.9 Å². The Morgan fingerprint density at radius 1 is 1.23 bits per heavy atom. The number of benzene rings is 1. The number of fused-ring (bicyclic) bond motifs is 1. The molecule has 31 heavy (non-hydrogen) atoms. The topological polar surface area (TPSA) is 75.1 Å². The van der Waals surface area contributed by atoms with Gasteiger partial charge >= 0.3 is 0 Å². The molecule has 162 valence electrons. The Hall–Kier alpha value is -2.55. The highest BCUT2D eigenvalue weighted by atomic mass is 35.5. The van der Waals surface area contributed by atoms with E-state index in [1.165, 1.54) is 11.8 Å². The number of ketones is 1. The number of hydrogen-bond donors (Lipinski definition) is 0. The highest BCUT2D eigenvalue weighted by Crippen LogP contribution is 2.28. The molecule has 4 aromatic rings. The fraction of sp³-hybridized carbons (Fsp3) is 0.318. The van der Waals surface area contributed by atoms with E-state index in [0.717, 1.165) is 33.3 Å². The van der Waals surface area contributed by atoms with Crippen LogP contribution < -0.4 is 0 Å². The molecule has 0 unspecified atom stereocenters. The van der Waals surface area contributed by atoms with Gasteiger partial charge in [0.25, 0.3) is 0 Å². The van der Waals surface area contributed by atoms with Gasteiger partial charge in [0.05, 0.1) is 23.4 Å². The summed E-state index contributed by atoms with van der Waals surface area (Å²) in [5.74, 6) is 1.71. The van der Waals surface area contributed by atoms with Crippen molar-refractivity contribution in [3.63, 3.8) is 0 Å². The Balaban J connectivity index is 1.59. The SMILES string of the molecule is COCCn1c(SCC(=O)c2cc(C)n(-c3cc(C)on3)c2C)nc2cc(Cl)ccc21. The van der Waals surface area contributed by atoms with Gasteiger partial charge in [-0.2, -0.15) is 0 Å². The number of ether oxygens (including phenoxy) is 1. The van der Waals surface area contributed by atoms with Crippen molar-refractivity contribution >= 4 is 40.2 Å². The molecule has 3 heterocycles. The van der Waals surface area contributed by atoms with E-state index >= 15 is 0 Å². The zero-order valence-corrected chi connectivity index (χ0v) is 19.4. The lowest BCUT2D eigenvalue weighted by Crippen LogP contribution is -2.09. The van der Waals surface area contributed by atoms with Gasteiger partial charge in [-0.15, -0.1) is 0 Å². The van der Waals surface area contributed by atoms with Crippen LogP contribution in [-0.4, -0.2) is 44.5 Å². The van der Waals surface area contributed by atoms with Crippen LogP contribution in [0.1, 0.15) is 27.5 Å². The summed E-state index contributed by atoms with van der Waals surface area (Å²) >= 11 is 7.55. The van der Waals surface area contributed by atoms with Gasteiger partial charge in [0.2, 0.25) is 0 Å². The van der Waals surface area contributed by atoms with Gasteiger partial charge in [0, 0.05) is 41.7 Å². The number of halogens is 1. The second kappa shape index (κ2) is 8.90. The maximum absolute atomic E-state index is 13.1. The van der Waals surface area contributed by atoms with Gasteiger partial charge < -0.3 is 13.8 Å². The molecular weight excluding hydrogens is 436 g/mol. The summed E-state index contributed by atoms with van der Waals surface area (Å²) in [4.78, 5) is 17.8. The van der Waals surface area contributed by atoms with E-state index in [1.54, 1.807) is 7.11 Å².